The van der Waals surface area contributed by atoms with E-state index in [1.54, 1.807) is 0 Å². The van der Waals surface area contributed by atoms with Crippen LogP contribution >= 0.6 is 0 Å². The molecule has 3 aromatic rings. The molecule has 0 spiro atoms. The largest absolute Gasteiger partial charge is 0.398 e. The Kier molecular flexibility index (Phi) is 4.97. The molecule has 0 unspecified atom stereocenters. The van der Waals surface area contributed by atoms with E-state index in [0.717, 1.165) is 60.6 Å². The van der Waals surface area contributed by atoms with Crippen LogP contribution in [0.2, 0.25) is 0 Å². The summed E-state index contributed by atoms with van der Waals surface area (Å²) in [5.74, 6) is 0. The lowest BCUT2D eigenvalue weighted by molar-refractivity contribution is 0.148. The Balaban J connectivity index is 1.52. The molecule has 27 heavy (non-hydrogen) atoms. The van der Waals surface area contributed by atoms with E-state index in [1.165, 1.54) is 11.1 Å². The SMILES string of the molecule is Cc1c(N)ccc2[nH]nc(/C=C/c3cccc(CN4CCN(C)CC4)c3)c12. The molecule has 4 rings (SSSR count). The monoisotopic (exact) mass is 361 g/mol. The van der Waals surface area contributed by atoms with Gasteiger partial charge in [-0.15, -0.1) is 0 Å². The molecule has 5 heteroatoms. The summed E-state index contributed by atoms with van der Waals surface area (Å²) in [6.45, 7) is 7.62. The molecular weight excluding hydrogens is 334 g/mol. The number of nitrogens with two attached hydrogens (primary N) is 1. The maximum absolute atomic E-state index is 6.07. The van der Waals surface area contributed by atoms with Crippen LogP contribution in [0.1, 0.15) is 22.4 Å². The van der Waals surface area contributed by atoms with Gasteiger partial charge in [-0.3, -0.25) is 10.00 Å². The van der Waals surface area contributed by atoms with Gasteiger partial charge in [0.1, 0.15) is 0 Å². The Morgan fingerprint density at radius 3 is 2.74 bits per heavy atom. The molecule has 0 saturated carbocycles. The number of H-pyrrole nitrogens is 1. The minimum Gasteiger partial charge on any atom is -0.398 e. The summed E-state index contributed by atoms with van der Waals surface area (Å²) in [6, 6.07) is 12.7. The second-order valence-corrected chi connectivity index (χ2v) is 7.47. The van der Waals surface area contributed by atoms with Crippen molar-refractivity contribution in [1.29, 1.82) is 0 Å². The van der Waals surface area contributed by atoms with Crippen LogP contribution in [0.15, 0.2) is 36.4 Å². The summed E-state index contributed by atoms with van der Waals surface area (Å²) in [6.07, 6.45) is 4.20. The zero-order chi connectivity index (χ0) is 18.8. The molecular formula is C22H27N5. The van der Waals surface area contributed by atoms with Crippen molar-refractivity contribution >= 4 is 28.7 Å². The summed E-state index contributed by atoms with van der Waals surface area (Å²) in [5, 5.41) is 8.65. The van der Waals surface area contributed by atoms with Crippen LogP contribution in [-0.4, -0.2) is 53.2 Å². The van der Waals surface area contributed by atoms with Crippen molar-refractivity contribution in [3.63, 3.8) is 0 Å². The van der Waals surface area contributed by atoms with Gasteiger partial charge in [-0.1, -0.05) is 30.3 Å². The number of aromatic amines is 1. The number of rotatable bonds is 4. The normalized spacial score (nSPS) is 16.5. The van der Waals surface area contributed by atoms with Crippen LogP contribution in [-0.2, 0) is 6.54 Å². The first-order valence-corrected chi connectivity index (χ1v) is 9.51. The van der Waals surface area contributed by atoms with Crippen molar-refractivity contribution in [3.05, 3.63) is 58.8 Å². The van der Waals surface area contributed by atoms with Gasteiger partial charge >= 0.3 is 0 Å². The molecule has 1 aromatic heterocycles. The fourth-order valence-corrected chi connectivity index (χ4v) is 3.68. The molecule has 2 aromatic carbocycles. The fourth-order valence-electron chi connectivity index (χ4n) is 3.68. The van der Waals surface area contributed by atoms with E-state index in [0.29, 0.717) is 0 Å². The molecule has 1 saturated heterocycles. The molecule has 1 aliphatic rings. The lowest BCUT2D eigenvalue weighted by Gasteiger charge is -2.32. The zero-order valence-corrected chi connectivity index (χ0v) is 16.1. The first-order valence-electron chi connectivity index (χ1n) is 9.51. The Labute approximate surface area is 160 Å². The van der Waals surface area contributed by atoms with Crippen LogP contribution in [0.5, 0.6) is 0 Å². The number of benzene rings is 2. The van der Waals surface area contributed by atoms with E-state index in [4.69, 9.17) is 5.73 Å². The highest BCUT2D eigenvalue weighted by Gasteiger charge is 2.13. The summed E-state index contributed by atoms with van der Waals surface area (Å²) >= 11 is 0. The number of piperazine rings is 1. The van der Waals surface area contributed by atoms with E-state index in [2.05, 4.69) is 63.5 Å². The molecule has 0 bridgehead atoms. The minimum absolute atomic E-state index is 0.799. The van der Waals surface area contributed by atoms with Crippen molar-refractivity contribution in [2.24, 2.45) is 0 Å². The average Bonchev–Trinajstić information content (AvgIpc) is 3.09. The Morgan fingerprint density at radius 2 is 1.93 bits per heavy atom. The molecule has 1 fully saturated rings. The van der Waals surface area contributed by atoms with E-state index in [1.807, 2.05) is 19.1 Å². The molecule has 0 aliphatic carbocycles. The Morgan fingerprint density at radius 1 is 1.11 bits per heavy atom. The highest BCUT2D eigenvalue weighted by atomic mass is 15.2. The maximum atomic E-state index is 6.07. The van der Waals surface area contributed by atoms with Crippen molar-refractivity contribution in [2.45, 2.75) is 13.5 Å². The first kappa shape index (κ1) is 17.8. The van der Waals surface area contributed by atoms with Crippen molar-refractivity contribution in [2.75, 3.05) is 39.0 Å². The van der Waals surface area contributed by atoms with Crippen molar-refractivity contribution < 1.29 is 0 Å². The molecule has 2 heterocycles. The van der Waals surface area contributed by atoms with Gasteiger partial charge < -0.3 is 10.6 Å². The second-order valence-electron chi connectivity index (χ2n) is 7.47. The number of fused-ring (bicyclic) bond motifs is 1. The van der Waals surface area contributed by atoms with Gasteiger partial charge in [0, 0.05) is 43.8 Å². The van der Waals surface area contributed by atoms with Crippen molar-refractivity contribution in [3.8, 4) is 0 Å². The topological polar surface area (TPSA) is 61.2 Å². The number of nitrogens with zero attached hydrogens (tertiary/aromatic N) is 3. The van der Waals surface area contributed by atoms with Gasteiger partial charge in [-0.25, -0.2) is 0 Å². The number of nitrogens with one attached hydrogen (secondary N) is 1. The van der Waals surface area contributed by atoms with Gasteiger partial charge in [-0.2, -0.15) is 5.10 Å². The summed E-state index contributed by atoms with van der Waals surface area (Å²) in [5.41, 5.74) is 12.4. The number of anilines is 1. The predicted molar refractivity (Wildman–Crippen MR) is 113 cm³/mol. The van der Waals surface area contributed by atoms with E-state index in [-0.39, 0.29) is 0 Å². The Bertz CT molecular complexity index is 964. The first-order chi connectivity index (χ1) is 13.1. The molecule has 5 nitrogen and oxygen atoms in total. The molecule has 0 radical (unpaired) electrons. The summed E-state index contributed by atoms with van der Waals surface area (Å²) in [7, 11) is 2.19. The van der Waals surface area contributed by atoms with Gasteiger partial charge in [0.05, 0.1) is 11.2 Å². The fraction of sp³-hybridized carbons (Fsp3) is 0.318. The molecule has 0 amide bonds. The van der Waals surface area contributed by atoms with E-state index >= 15 is 0 Å². The maximum Gasteiger partial charge on any atom is 0.0930 e. The lowest BCUT2D eigenvalue weighted by Crippen LogP contribution is -2.43. The number of nitrogen functional groups attached to an aromatic ring is 1. The smallest absolute Gasteiger partial charge is 0.0930 e. The summed E-state index contributed by atoms with van der Waals surface area (Å²) < 4.78 is 0. The zero-order valence-electron chi connectivity index (χ0n) is 16.1. The molecule has 0 atom stereocenters. The molecule has 3 N–H and O–H groups in total. The standard InChI is InChI=1S/C22H27N5/c1-16-19(23)7-9-21-22(16)20(24-25-21)8-6-17-4-3-5-18(14-17)15-27-12-10-26(2)11-13-27/h3-9,14H,10-13,15,23H2,1-2H3,(H,24,25)/b8-6+. The van der Waals surface area contributed by atoms with Gasteiger partial charge in [-0.05, 0) is 48.9 Å². The molecule has 1 aliphatic heterocycles. The van der Waals surface area contributed by atoms with Crippen molar-refractivity contribution in [1.82, 2.24) is 20.0 Å². The quantitative estimate of drug-likeness (QED) is 0.700. The highest BCUT2D eigenvalue weighted by molar-refractivity contribution is 5.94. The van der Waals surface area contributed by atoms with Crippen LogP contribution in [0.4, 0.5) is 5.69 Å². The third kappa shape index (κ3) is 3.89. The van der Waals surface area contributed by atoms with E-state index < -0.39 is 0 Å². The lowest BCUT2D eigenvalue weighted by atomic mass is 10.1. The van der Waals surface area contributed by atoms with Gasteiger partial charge in [0.25, 0.3) is 0 Å². The second kappa shape index (κ2) is 7.55. The van der Waals surface area contributed by atoms with Gasteiger partial charge in [0.2, 0.25) is 0 Å². The number of aryl methyl sites for hydroxylation is 1. The van der Waals surface area contributed by atoms with Gasteiger partial charge in [0.15, 0.2) is 0 Å². The number of likely N-dealkylation sites (N-methyl/N-ethyl adjacent to an activating group) is 1. The third-order valence-corrected chi connectivity index (χ3v) is 5.45. The number of aromatic nitrogens is 2. The minimum atomic E-state index is 0.799. The Hall–Kier alpha value is -2.63. The number of hydrogen-bond acceptors (Lipinski definition) is 4. The van der Waals surface area contributed by atoms with Crippen LogP contribution in [0.3, 0.4) is 0 Å². The molecule has 140 valence electrons. The number of hydrogen-bond donors (Lipinski definition) is 2. The van der Waals surface area contributed by atoms with Crippen LogP contribution in [0, 0.1) is 6.92 Å². The van der Waals surface area contributed by atoms with E-state index in [9.17, 15) is 0 Å². The summed E-state index contributed by atoms with van der Waals surface area (Å²) in [4.78, 5) is 4.91. The average molecular weight is 361 g/mol. The predicted octanol–water partition coefficient (Wildman–Crippen LogP) is 3.37. The van der Waals surface area contributed by atoms with Crippen LogP contribution in [0.25, 0.3) is 23.1 Å². The van der Waals surface area contributed by atoms with Crippen LogP contribution < -0.4 is 5.73 Å². The highest BCUT2D eigenvalue weighted by Crippen LogP contribution is 2.26. The third-order valence-electron chi connectivity index (χ3n) is 5.45.